The molecule has 0 aliphatic rings. The van der Waals surface area contributed by atoms with Gasteiger partial charge in [0.15, 0.2) is 0 Å². The molecule has 2 aromatic heterocycles. The molecule has 2 aromatic carbocycles. The fraction of sp³-hybridized carbons (Fsp3) is 0.231. The van der Waals surface area contributed by atoms with Gasteiger partial charge in [0.1, 0.15) is 0 Å². The number of hydrogen-bond donors (Lipinski definition) is 2. The number of aryl methyl sites for hydroxylation is 5. The fourth-order valence-corrected chi connectivity index (χ4v) is 4.32. The quantitative estimate of drug-likeness (QED) is 0.400. The number of aromatic nitrogens is 2. The van der Waals surface area contributed by atoms with Crippen LogP contribution in [0.2, 0.25) is 0 Å². The summed E-state index contributed by atoms with van der Waals surface area (Å²) in [5.41, 5.74) is 12.7. The largest absolute Gasteiger partial charge is 0.361 e. The van der Waals surface area contributed by atoms with Crippen LogP contribution >= 0.6 is 0 Å². The maximum Gasteiger partial charge on any atom is 0.0649 e. The molecule has 2 heterocycles. The molecule has 0 radical (unpaired) electrons. The Morgan fingerprint density at radius 2 is 1.14 bits per heavy atom. The molecule has 0 unspecified atom stereocenters. The SMILES string of the molecule is Cc1cc(C)c(C(c2cc(-c3ccccc3)ccc2C)c2[nH]c(C)cc2C)[nH]1. The predicted octanol–water partition coefficient (Wildman–Crippen LogP) is 6.73. The van der Waals surface area contributed by atoms with E-state index in [1.165, 1.54) is 56.2 Å². The first kappa shape index (κ1) is 18.4. The molecule has 0 saturated heterocycles. The van der Waals surface area contributed by atoms with Crippen LogP contribution in [0.3, 0.4) is 0 Å². The van der Waals surface area contributed by atoms with Gasteiger partial charge >= 0.3 is 0 Å². The van der Waals surface area contributed by atoms with Crippen molar-refractivity contribution in [3.05, 3.63) is 106 Å². The Balaban J connectivity index is 1.95. The molecular formula is C26H28N2. The van der Waals surface area contributed by atoms with E-state index in [1.807, 2.05) is 0 Å². The van der Waals surface area contributed by atoms with E-state index in [0.29, 0.717) is 0 Å². The third-order valence-electron chi connectivity index (χ3n) is 5.65. The van der Waals surface area contributed by atoms with E-state index in [0.717, 1.165) is 0 Å². The van der Waals surface area contributed by atoms with Gasteiger partial charge in [-0.3, -0.25) is 0 Å². The second-order valence-electron chi connectivity index (χ2n) is 7.97. The molecule has 0 fully saturated rings. The van der Waals surface area contributed by atoms with E-state index in [9.17, 15) is 0 Å². The summed E-state index contributed by atoms with van der Waals surface area (Å²) in [6.45, 7) is 10.9. The Kier molecular flexibility index (Phi) is 4.72. The number of aromatic amines is 2. The van der Waals surface area contributed by atoms with Crippen molar-refractivity contribution >= 4 is 0 Å². The van der Waals surface area contributed by atoms with Gasteiger partial charge < -0.3 is 9.97 Å². The third-order valence-corrected chi connectivity index (χ3v) is 5.65. The number of rotatable bonds is 4. The Morgan fingerprint density at radius 3 is 1.64 bits per heavy atom. The highest BCUT2D eigenvalue weighted by atomic mass is 14.8. The van der Waals surface area contributed by atoms with E-state index < -0.39 is 0 Å². The van der Waals surface area contributed by atoms with Crippen molar-refractivity contribution in [2.45, 2.75) is 40.5 Å². The van der Waals surface area contributed by atoms with Gasteiger partial charge in [-0.25, -0.2) is 0 Å². The normalized spacial score (nSPS) is 11.4. The number of hydrogen-bond acceptors (Lipinski definition) is 0. The average molecular weight is 369 g/mol. The van der Waals surface area contributed by atoms with Crippen LogP contribution in [0, 0.1) is 34.6 Å². The highest BCUT2D eigenvalue weighted by molar-refractivity contribution is 5.66. The fourth-order valence-electron chi connectivity index (χ4n) is 4.32. The maximum atomic E-state index is 3.64. The molecule has 0 atom stereocenters. The van der Waals surface area contributed by atoms with Crippen LogP contribution < -0.4 is 0 Å². The monoisotopic (exact) mass is 368 g/mol. The van der Waals surface area contributed by atoms with Crippen LogP contribution in [0.4, 0.5) is 0 Å². The molecular weight excluding hydrogens is 340 g/mol. The van der Waals surface area contributed by atoms with Crippen LogP contribution in [0.15, 0.2) is 60.7 Å². The maximum absolute atomic E-state index is 3.64. The first-order chi connectivity index (χ1) is 13.4. The van der Waals surface area contributed by atoms with Crippen LogP contribution in [0.5, 0.6) is 0 Å². The lowest BCUT2D eigenvalue weighted by atomic mass is 9.85. The third kappa shape index (κ3) is 3.31. The van der Waals surface area contributed by atoms with Crippen molar-refractivity contribution in [3.63, 3.8) is 0 Å². The zero-order chi connectivity index (χ0) is 19.8. The Morgan fingerprint density at radius 1 is 0.571 bits per heavy atom. The van der Waals surface area contributed by atoms with Gasteiger partial charge in [-0.05, 0) is 86.2 Å². The standard InChI is InChI=1S/C26H28N2/c1-16-11-12-22(21-9-7-6-8-10-21)15-23(16)24(25-17(2)13-19(4)27-25)26-18(3)14-20(5)28-26/h6-15,24,27-28H,1-5H3. The first-order valence-electron chi connectivity index (χ1n) is 9.92. The van der Waals surface area contributed by atoms with Crippen LogP contribution in [-0.4, -0.2) is 9.97 Å². The van der Waals surface area contributed by atoms with Gasteiger partial charge in [-0.15, -0.1) is 0 Å². The van der Waals surface area contributed by atoms with Gasteiger partial charge in [-0.2, -0.15) is 0 Å². The highest BCUT2D eigenvalue weighted by Crippen LogP contribution is 2.38. The summed E-state index contributed by atoms with van der Waals surface area (Å²) in [4.78, 5) is 7.29. The molecule has 0 bridgehead atoms. The van der Waals surface area contributed by atoms with Gasteiger partial charge in [0.05, 0.1) is 5.92 Å². The molecule has 142 valence electrons. The Bertz CT molecular complexity index is 1070. The highest BCUT2D eigenvalue weighted by Gasteiger charge is 2.25. The lowest BCUT2D eigenvalue weighted by Crippen LogP contribution is -2.09. The summed E-state index contributed by atoms with van der Waals surface area (Å²) < 4.78 is 0. The zero-order valence-electron chi connectivity index (χ0n) is 17.4. The van der Waals surface area contributed by atoms with Gasteiger partial charge in [-0.1, -0.05) is 42.5 Å². The van der Waals surface area contributed by atoms with Crippen LogP contribution in [0.25, 0.3) is 11.1 Å². The van der Waals surface area contributed by atoms with Crippen LogP contribution in [-0.2, 0) is 0 Å². The van der Waals surface area contributed by atoms with E-state index >= 15 is 0 Å². The molecule has 4 rings (SSSR count). The zero-order valence-corrected chi connectivity index (χ0v) is 17.4. The Labute approximate surface area is 167 Å². The van der Waals surface area contributed by atoms with Gasteiger partial charge in [0, 0.05) is 22.8 Å². The molecule has 0 aliphatic carbocycles. The molecule has 2 heteroatoms. The Hall–Kier alpha value is -3.00. The minimum absolute atomic E-state index is 0.158. The smallest absolute Gasteiger partial charge is 0.0649 e. The summed E-state index contributed by atoms with van der Waals surface area (Å²) >= 11 is 0. The molecule has 4 aromatic rings. The topological polar surface area (TPSA) is 31.6 Å². The second kappa shape index (κ2) is 7.20. The molecule has 0 amide bonds. The summed E-state index contributed by atoms with van der Waals surface area (Å²) in [7, 11) is 0. The van der Waals surface area contributed by atoms with Crippen molar-refractivity contribution in [2.75, 3.05) is 0 Å². The molecule has 0 saturated carbocycles. The van der Waals surface area contributed by atoms with Crippen molar-refractivity contribution < 1.29 is 0 Å². The average Bonchev–Trinajstić information content (AvgIpc) is 3.18. The molecule has 0 spiro atoms. The van der Waals surface area contributed by atoms with E-state index in [1.54, 1.807) is 0 Å². The van der Waals surface area contributed by atoms with Crippen molar-refractivity contribution in [2.24, 2.45) is 0 Å². The second-order valence-corrected chi connectivity index (χ2v) is 7.97. The molecule has 2 N–H and O–H groups in total. The van der Waals surface area contributed by atoms with Gasteiger partial charge in [0.2, 0.25) is 0 Å². The summed E-state index contributed by atoms with van der Waals surface area (Å²) in [5.74, 6) is 0.158. The van der Waals surface area contributed by atoms with Crippen molar-refractivity contribution in [1.29, 1.82) is 0 Å². The predicted molar refractivity (Wildman–Crippen MR) is 118 cm³/mol. The van der Waals surface area contributed by atoms with Crippen LogP contribution in [0.1, 0.15) is 50.9 Å². The lowest BCUT2D eigenvalue weighted by Gasteiger charge is -2.21. The molecule has 28 heavy (non-hydrogen) atoms. The van der Waals surface area contributed by atoms with E-state index in [-0.39, 0.29) is 5.92 Å². The van der Waals surface area contributed by atoms with Gasteiger partial charge in [0.25, 0.3) is 0 Å². The summed E-state index contributed by atoms with van der Waals surface area (Å²) in [5, 5.41) is 0. The summed E-state index contributed by atoms with van der Waals surface area (Å²) in [6, 6.07) is 21.9. The first-order valence-corrected chi connectivity index (χ1v) is 9.92. The number of nitrogens with one attached hydrogen (secondary N) is 2. The molecule has 0 aliphatic heterocycles. The molecule has 2 nitrogen and oxygen atoms in total. The lowest BCUT2D eigenvalue weighted by molar-refractivity contribution is 0.862. The number of H-pyrrole nitrogens is 2. The minimum Gasteiger partial charge on any atom is -0.361 e. The van der Waals surface area contributed by atoms with Crippen molar-refractivity contribution in [1.82, 2.24) is 9.97 Å². The summed E-state index contributed by atoms with van der Waals surface area (Å²) in [6.07, 6.45) is 0. The van der Waals surface area contributed by atoms with E-state index in [4.69, 9.17) is 0 Å². The minimum atomic E-state index is 0.158. The number of benzene rings is 2. The van der Waals surface area contributed by atoms with Crippen molar-refractivity contribution in [3.8, 4) is 11.1 Å². The van der Waals surface area contributed by atoms with E-state index in [2.05, 4.69) is 105 Å².